The highest BCUT2D eigenvalue weighted by Crippen LogP contribution is 2.08. The zero-order valence-corrected chi connectivity index (χ0v) is 7.10. The van der Waals surface area contributed by atoms with Gasteiger partial charge in [0.15, 0.2) is 0 Å². The Morgan fingerprint density at radius 3 is 2.75 bits per heavy atom. The molecule has 2 aliphatic heterocycles. The van der Waals surface area contributed by atoms with Crippen LogP contribution in [-0.4, -0.2) is 30.0 Å². The van der Waals surface area contributed by atoms with E-state index in [1.54, 1.807) is 0 Å². The molecule has 2 nitrogen and oxygen atoms in total. The molecule has 2 rings (SSSR count). The first-order valence-electron chi connectivity index (χ1n) is 4.81. The van der Waals surface area contributed by atoms with Crippen molar-refractivity contribution in [2.75, 3.05) is 19.6 Å². The Hall–Kier alpha value is -0.530. The predicted octanol–water partition coefficient (Wildman–Crippen LogP) is 1.60. The highest BCUT2D eigenvalue weighted by Gasteiger charge is 2.19. The van der Waals surface area contributed by atoms with Gasteiger partial charge in [-0.2, -0.15) is 0 Å². The molecule has 0 bridgehead atoms. The molecule has 2 heterocycles. The summed E-state index contributed by atoms with van der Waals surface area (Å²) < 4.78 is 2.54. The molecule has 0 unspecified atom stereocenters. The first-order chi connectivity index (χ1) is 5.47. The molecule has 0 saturated carbocycles. The van der Waals surface area contributed by atoms with Crippen molar-refractivity contribution in [2.45, 2.75) is 39.5 Å². The smallest absolute Gasteiger partial charge is 0.244 e. The molecule has 70 valence electrons. The summed E-state index contributed by atoms with van der Waals surface area (Å²) in [5.41, 5.74) is 0. The Labute approximate surface area is 75.7 Å². The van der Waals surface area contributed by atoms with Gasteiger partial charge in [-0.15, -0.1) is 0 Å². The first-order valence-corrected chi connectivity index (χ1v) is 4.81. The highest BCUT2D eigenvalue weighted by molar-refractivity contribution is 5.77. The summed E-state index contributed by atoms with van der Waals surface area (Å²) >= 11 is 0. The van der Waals surface area contributed by atoms with Crippen molar-refractivity contribution in [3.8, 4) is 0 Å². The maximum Gasteiger partial charge on any atom is 0.244 e. The summed E-state index contributed by atoms with van der Waals surface area (Å²) in [5, 5.41) is 3.50. The van der Waals surface area contributed by atoms with Gasteiger partial charge in [0.1, 0.15) is 0 Å². The highest BCUT2D eigenvalue weighted by atomic mass is 15.1. The maximum absolute atomic E-state index is 3.50. The van der Waals surface area contributed by atoms with Gasteiger partial charge in [0.2, 0.25) is 5.84 Å². The Balaban J connectivity index is 0.000000720. The summed E-state index contributed by atoms with van der Waals surface area (Å²) in [5.74, 6) is 1.52. The summed E-state index contributed by atoms with van der Waals surface area (Å²) in [6.07, 6.45) is 6.81. The topological polar surface area (TPSA) is 15.0 Å². The van der Waals surface area contributed by atoms with E-state index >= 15 is 0 Å². The molecule has 12 heavy (non-hydrogen) atoms. The van der Waals surface area contributed by atoms with Crippen molar-refractivity contribution in [2.24, 2.45) is 0 Å². The fraction of sp³-hybridized carbons (Fsp3) is 0.900. The first kappa shape index (κ1) is 9.56. The van der Waals surface area contributed by atoms with E-state index in [4.69, 9.17) is 0 Å². The van der Waals surface area contributed by atoms with Crippen molar-refractivity contribution in [3.63, 3.8) is 0 Å². The van der Waals surface area contributed by atoms with Crippen LogP contribution in [0.3, 0.4) is 0 Å². The third-order valence-corrected chi connectivity index (χ3v) is 2.66. The normalized spacial score (nSPS) is 23.3. The lowest BCUT2D eigenvalue weighted by Crippen LogP contribution is -2.40. The second-order valence-electron chi connectivity index (χ2n) is 3.52. The third kappa shape index (κ3) is 1.99. The molecule has 2 aliphatic rings. The minimum Gasteiger partial charge on any atom is -0.278 e. The Bertz CT molecular complexity index is 155. The lowest BCUT2D eigenvalue weighted by molar-refractivity contribution is -0.534. The van der Waals surface area contributed by atoms with Crippen molar-refractivity contribution in [1.29, 1.82) is 0 Å². The molecule has 0 spiro atoms. The van der Waals surface area contributed by atoms with Crippen LogP contribution in [0.4, 0.5) is 0 Å². The molecule has 0 atom stereocenters. The molecule has 0 aromatic rings. The van der Waals surface area contributed by atoms with Crippen LogP contribution in [0.2, 0.25) is 0 Å². The van der Waals surface area contributed by atoms with E-state index in [1.807, 2.05) is 0 Å². The molecule has 1 N–H and O–H groups in total. The predicted molar refractivity (Wildman–Crippen MR) is 52.8 cm³/mol. The van der Waals surface area contributed by atoms with Crippen LogP contribution in [0.5, 0.6) is 0 Å². The van der Waals surface area contributed by atoms with Crippen molar-refractivity contribution in [1.82, 2.24) is 5.32 Å². The maximum atomic E-state index is 3.50. The lowest BCUT2D eigenvalue weighted by atomic mass is 10.2. The molecule has 0 fully saturated rings. The standard InChI is InChI=1S/C9H16N2.CH4/c1-2-5-9-10-6-4-8-11(9)7-3-1;/h1-8H2;1H4/p+1. The SMILES string of the molecule is C.C1CCC2=[N+](CC1)CCCN2. The van der Waals surface area contributed by atoms with Crippen molar-refractivity contribution < 1.29 is 4.58 Å². The van der Waals surface area contributed by atoms with Gasteiger partial charge in [-0.1, -0.05) is 7.43 Å². The summed E-state index contributed by atoms with van der Waals surface area (Å²) in [6.45, 7) is 3.79. The van der Waals surface area contributed by atoms with Crippen LogP contribution >= 0.6 is 0 Å². The van der Waals surface area contributed by atoms with Gasteiger partial charge in [-0.25, -0.2) is 0 Å². The summed E-state index contributed by atoms with van der Waals surface area (Å²) in [6, 6.07) is 0. The van der Waals surface area contributed by atoms with Crippen LogP contribution in [0, 0.1) is 0 Å². The van der Waals surface area contributed by atoms with Crippen molar-refractivity contribution >= 4 is 5.84 Å². The minimum absolute atomic E-state index is 0. The van der Waals surface area contributed by atoms with Crippen LogP contribution in [0.1, 0.15) is 39.5 Å². The van der Waals surface area contributed by atoms with Gasteiger partial charge >= 0.3 is 0 Å². The minimum atomic E-state index is 0. The number of amidine groups is 1. The van der Waals surface area contributed by atoms with Gasteiger partial charge in [-0.05, 0) is 19.3 Å². The van der Waals surface area contributed by atoms with Gasteiger partial charge in [0.05, 0.1) is 19.6 Å². The molecule has 0 aromatic heterocycles. The molecule has 0 radical (unpaired) electrons. The van der Waals surface area contributed by atoms with E-state index in [9.17, 15) is 0 Å². The van der Waals surface area contributed by atoms with Crippen LogP contribution in [0.15, 0.2) is 0 Å². The zero-order valence-electron chi connectivity index (χ0n) is 7.10. The Morgan fingerprint density at radius 2 is 1.83 bits per heavy atom. The van der Waals surface area contributed by atoms with Crippen LogP contribution in [0.25, 0.3) is 0 Å². The van der Waals surface area contributed by atoms with E-state index in [0.29, 0.717) is 0 Å². The fourth-order valence-electron chi connectivity index (χ4n) is 2.01. The number of nitrogens with zero attached hydrogens (tertiary/aromatic N) is 1. The average Bonchev–Trinajstić information content (AvgIpc) is 2.28. The van der Waals surface area contributed by atoms with Crippen LogP contribution in [-0.2, 0) is 0 Å². The van der Waals surface area contributed by atoms with Gasteiger partial charge in [0, 0.05) is 12.8 Å². The number of hydrogen-bond donors (Lipinski definition) is 1. The summed E-state index contributed by atoms with van der Waals surface area (Å²) in [4.78, 5) is 0. The largest absolute Gasteiger partial charge is 0.278 e. The quantitative estimate of drug-likeness (QED) is 0.544. The monoisotopic (exact) mass is 169 g/mol. The van der Waals surface area contributed by atoms with E-state index in [0.717, 1.165) is 0 Å². The second kappa shape index (κ2) is 4.48. The third-order valence-electron chi connectivity index (χ3n) is 2.66. The molecular formula is C10H21N2+. The van der Waals surface area contributed by atoms with Crippen LogP contribution < -0.4 is 5.32 Å². The zero-order chi connectivity index (χ0) is 7.52. The molecule has 0 aromatic carbocycles. The molecule has 2 heteroatoms. The van der Waals surface area contributed by atoms with E-state index in [-0.39, 0.29) is 7.43 Å². The molecule has 0 aliphatic carbocycles. The second-order valence-corrected chi connectivity index (χ2v) is 3.52. The van der Waals surface area contributed by atoms with Gasteiger partial charge in [-0.3, -0.25) is 9.89 Å². The molecular weight excluding hydrogens is 148 g/mol. The number of nitrogens with one attached hydrogen (secondary N) is 1. The van der Waals surface area contributed by atoms with E-state index in [1.165, 1.54) is 57.6 Å². The van der Waals surface area contributed by atoms with E-state index in [2.05, 4.69) is 9.89 Å². The van der Waals surface area contributed by atoms with Crippen molar-refractivity contribution in [3.05, 3.63) is 0 Å². The average molecular weight is 169 g/mol. The van der Waals surface area contributed by atoms with Gasteiger partial charge in [0.25, 0.3) is 0 Å². The van der Waals surface area contributed by atoms with Gasteiger partial charge < -0.3 is 0 Å². The summed E-state index contributed by atoms with van der Waals surface area (Å²) in [7, 11) is 0. The molecule has 0 amide bonds. The Kier molecular flexibility index (Phi) is 3.57. The Morgan fingerprint density at radius 1 is 1.00 bits per heavy atom. The number of rotatable bonds is 0. The lowest BCUT2D eigenvalue weighted by Gasteiger charge is -2.14. The number of hydrogen-bond acceptors (Lipinski definition) is 1. The fourth-order valence-corrected chi connectivity index (χ4v) is 2.01. The van der Waals surface area contributed by atoms with E-state index < -0.39 is 0 Å². The molecule has 0 saturated heterocycles.